The van der Waals surface area contributed by atoms with Crippen molar-refractivity contribution < 1.29 is 28.3 Å². The molecule has 6 rings (SSSR count). The van der Waals surface area contributed by atoms with Gasteiger partial charge in [-0.05, 0) is 87.2 Å². The molecule has 41 heavy (non-hydrogen) atoms. The highest BCUT2D eigenvalue weighted by Gasteiger charge is 2.37. The first-order chi connectivity index (χ1) is 19.9. The molecule has 1 atom stereocenters. The van der Waals surface area contributed by atoms with E-state index in [2.05, 4.69) is 15.0 Å². The number of hydrogen-bond donors (Lipinski definition) is 1. The molecule has 1 aliphatic carbocycles. The zero-order valence-electron chi connectivity index (χ0n) is 22.6. The van der Waals surface area contributed by atoms with Crippen LogP contribution in [0.25, 0.3) is 11.5 Å². The number of amides is 1. The summed E-state index contributed by atoms with van der Waals surface area (Å²) in [6, 6.07) is 9.36. The van der Waals surface area contributed by atoms with E-state index in [-0.39, 0.29) is 11.5 Å². The molecule has 9 nitrogen and oxygen atoms in total. The standard InChI is InChI=1S/C30H32ClFN4O5/c31-23-5-2-1-4-20(23)28-33-27(34-41-28)16-35-12-9-18(10-13-35)17-40-26-15-24(32)22(14-21(26)19-7-8-19)29(37)36-11-3-6-25(36)30(38)39/h1-2,4-5,14-15,18-19,25H,3,6-13,16-17H2,(H,38,39)/t25-/m0/s1. The summed E-state index contributed by atoms with van der Waals surface area (Å²) in [6.07, 6.45) is 4.74. The molecule has 1 amide bonds. The van der Waals surface area contributed by atoms with Gasteiger partial charge in [0.25, 0.3) is 11.8 Å². The van der Waals surface area contributed by atoms with Gasteiger partial charge in [0.2, 0.25) is 0 Å². The number of halogens is 2. The molecule has 1 saturated carbocycles. The molecule has 1 N–H and O–H groups in total. The maximum Gasteiger partial charge on any atom is 0.326 e. The highest BCUT2D eigenvalue weighted by molar-refractivity contribution is 6.33. The Morgan fingerprint density at radius 1 is 1.10 bits per heavy atom. The fraction of sp³-hybridized carbons (Fsp3) is 0.467. The lowest BCUT2D eigenvalue weighted by Crippen LogP contribution is -2.40. The Morgan fingerprint density at radius 3 is 2.61 bits per heavy atom. The molecular weight excluding hydrogens is 551 g/mol. The second-order valence-corrected chi connectivity index (χ2v) is 11.6. The molecule has 216 valence electrons. The van der Waals surface area contributed by atoms with Crippen LogP contribution in [0.2, 0.25) is 5.02 Å². The number of hydrogen-bond acceptors (Lipinski definition) is 7. The van der Waals surface area contributed by atoms with Gasteiger partial charge in [-0.1, -0.05) is 28.9 Å². The molecule has 0 spiro atoms. The molecule has 3 heterocycles. The van der Waals surface area contributed by atoms with Crippen LogP contribution in [0, 0.1) is 11.7 Å². The molecule has 2 aromatic carbocycles. The monoisotopic (exact) mass is 582 g/mol. The lowest BCUT2D eigenvalue weighted by Gasteiger charge is -2.31. The average Bonchev–Trinajstić information content (AvgIpc) is 3.49. The van der Waals surface area contributed by atoms with E-state index in [9.17, 15) is 14.7 Å². The topological polar surface area (TPSA) is 109 Å². The molecule has 0 unspecified atom stereocenters. The second-order valence-electron chi connectivity index (χ2n) is 11.2. The van der Waals surface area contributed by atoms with Crippen LogP contribution in [0.4, 0.5) is 4.39 Å². The van der Waals surface area contributed by atoms with Crippen LogP contribution >= 0.6 is 11.6 Å². The Morgan fingerprint density at radius 2 is 1.88 bits per heavy atom. The van der Waals surface area contributed by atoms with Crippen LogP contribution < -0.4 is 4.74 Å². The Kier molecular flexibility index (Phi) is 7.94. The van der Waals surface area contributed by atoms with Gasteiger partial charge in [0.15, 0.2) is 5.82 Å². The van der Waals surface area contributed by atoms with Crippen LogP contribution in [-0.2, 0) is 11.3 Å². The van der Waals surface area contributed by atoms with Crippen molar-refractivity contribution in [1.29, 1.82) is 0 Å². The third kappa shape index (κ3) is 6.08. The maximum atomic E-state index is 15.2. The van der Waals surface area contributed by atoms with Crippen molar-refractivity contribution in [2.24, 2.45) is 5.92 Å². The normalized spacial score (nSPS) is 20.0. The van der Waals surface area contributed by atoms with Gasteiger partial charge >= 0.3 is 5.97 Å². The zero-order chi connectivity index (χ0) is 28.5. The molecule has 3 aromatic rings. The van der Waals surface area contributed by atoms with Crippen molar-refractivity contribution in [1.82, 2.24) is 19.9 Å². The molecule has 0 bridgehead atoms. The fourth-order valence-corrected chi connectivity index (χ4v) is 5.99. The molecular formula is C30H32ClFN4O5. The number of carboxylic acid groups (broad SMARTS) is 1. The molecule has 2 saturated heterocycles. The van der Waals surface area contributed by atoms with Crippen LogP contribution in [0.5, 0.6) is 5.75 Å². The van der Waals surface area contributed by atoms with E-state index in [1.54, 1.807) is 12.1 Å². The number of benzene rings is 2. The highest BCUT2D eigenvalue weighted by atomic mass is 35.5. The van der Waals surface area contributed by atoms with Crippen molar-refractivity contribution in [3.63, 3.8) is 0 Å². The number of carbonyl (C=O) groups is 2. The van der Waals surface area contributed by atoms with Crippen molar-refractivity contribution in [3.05, 3.63) is 64.2 Å². The SMILES string of the molecule is O=C(O)[C@@H]1CCCN1C(=O)c1cc(C2CC2)c(OCC2CCN(Cc3noc(-c4ccccc4Cl)n3)CC2)cc1F. The van der Waals surface area contributed by atoms with Crippen molar-refractivity contribution in [2.75, 3.05) is 26.2 Å². The van der Waals surface area contributed by atoms with Gasteiger partial charge in [0.05, 0.1) is 29.3 Å². The number of likely N-dealkylation sites (tertiary alicyclic amines) is 2. The van der Waals surface area contributed by atoms with Gasteiger partial charge < -0.3 is 19.3 Å². The Labute approximate surface area is 242 Å². The first-order valence-corrected chi connectivity index (χ1v) is 14.5. The van der Waals surface area contributed by atoms with E-state index in [0.29, 0.717) is 66.5 Å². The summed E-state index contributed by atoms with van der Waals surface area (Å²) in [7, 11) is 0. The Balaban J connectivity index is 1.05. The van der Waals surface area contributed by atoms with Gasteiger partial charge in [-0.25, -0.2) is 9.18 Å². The minimum absolute atomic E-state index is 0.0696. The maximum absolute atomic E-state index is 15.2. The quantitative estimate of drug-likeness (QED) is 0.358. The molecule has 2 aliphatic heterocycles. The lowest BCUT2D eigenvalue weighted by atomic mass is 9.97. The van der Waals surface area contributed by atoms with Crippen LogP contribution in [-0.4, -0.2) is 69.2 Å². The third-order valence-corrected chi connectivity index (χ3v) is 8.59. The third-order valence-electron chi connectivity index (χ3n) is 8.26. The lowest BCUT2D eigenvalue weighted by molar-refractivity contribution is -0.141. The van der Waals surface area contributed by atoms with Crippen LogP contribution in [0.1, 0.15) is 66.2 Å². The first kappa shape index (κ1) is 27.7. The number of carboxylic acids is 1. The first-order valence-electron chi connectivity index (χ1n) is 14.2. The van der Waals surface area contributed by atoms with E-state index in [1.807, 2.05) is 18.2 Å². The predicted molar refractivity (Wildman–Crippen MR) is 148 cm³/mol. The smallest absolute Gasteiger partial charge is 0.326 e. The Hall–Kier alpha value is -3.50. The van der Waals surface area contributed by atoms with E-state index < -0.39 is 23.7 Å². The van der Waals surface area contributed by atoms with E-state index in [1.165, 1.54) is 11.0 Å². The largest absolute Gasteiger partial charge is 0.493 e. The molecule has 0 radical (unpaired) electrons. The number of ether oxygens (including phenoxy) is 1. The van der Waals surface area contributed by atoms with Crippen LogP contribution in [0.15, 0.2) is 40.9 Å². The number of carbonyl (C=O) groups excluding carboxylic acids is 1. The fourth-order valence-electron chi connectivity index (χ4n) is 5.78. The van der Waals surface area contributed by atoms with Crippen LogP contribution in [0.3, 0.4) is 0 Å². The van der Waals surface area contributed by atoms with E-state index in [4.69, 9.17) is 20.9 Å². The van der Waals surface area contributed by atoms with Gasteiger partial charge in [-0.3, -0.25) is 9.69 Å². The molecule has 1 aromatic heterocycles. The number of aliphatic carboxylic acids is 1. The van der Waals surface area contributed by atoms with Gasteiger partial charge in [0, 0.05) is 12.6 Å². The number of piperidine rings is 1. The van der Waals surface area contributed by atoms with Crippen molar-refractivity contribution in [3.8, 4) is 17.2 Å². The second kappa shape index (κ2) is 11.8. The summed E-state index contributed by atoms with van der Waals surface area (Å²) in [5, 5.41) is 14.1. The van der Waals surface area contributed by atoms with Gasteiger partial charge in [-0.2, -0.15) is 4.98 Å². The zero-order valence-corrected chi connectivity index (χ0v) is 23.4. The summed E-state index contributed by atoms with van der Waals surface area (Å²) < 4.78 is 26.8. The molecule has 3 fully saturated rings. The number of aromatic nitrogens is 2. The summed E-state index contributed by atoms with van der Waals surface area (Å²) in [6.45, 7) is 3.06. The number of rotatable bonds is 9. The average molecular weight is 583 g/mol. The summed E-state index contributed by atoms with van der Waals surface area (Å²) in [5.41, 5.74) is 1.48. The Bertz CT molecular complexity index is 1440. The summed E-state index contributed by atoms with van der Waals surface area (Å²) >= 11 is 6.25. The minimum atomic E-state index is -1.05. The molecule has 3 aliphatic rings. The summed E-state index contributed by atoms with van der Waals surface area (Å²) in [5.74, 6) is -0.237. The van der Waals surface area contributed by atoms with Crippen molar-refractivity contribution >= 4 is 23.5 Å². The number of nitrogens with zero attached hydrogens (tertiary/aromatic N) is 4. The van der Waals surface area contributed by atoms with E-state index in [0.717, 1.165) is 44.3 Å². The van der Waals surface area contributed by atoms with Crippen molar-refractivity contribution in [2.45, 2.75) is 57.0 Å². The molecule has 11 heteroatoms. The summed E-state index contributed by atoms with van der Waals surface area (Å²) in [4.78, 5) is 32.7. The van der Waals surface area contributed by atoms with Gasteiger partial charge in [0.1, 0.15) is 17.6 Å². The highest BCUT2D eigenvalue weighted by Crippen LogP contribution is 2.45. The van der Waals surface area contributed by atoms with E-state index >= 15 is 4.39 Å². The predicted octanol–water partition coefficient (Wildman–Crippen LogP) is 5.39. The minimum Gasteiger partial charge on any atom is -0.493 e. The van der Waals surface area contributed by atoms with Gasteiger partial charge in [-0.15, -0.1) is 0 Å².